The van der Waals surface area contributed by atoms with Crippen LogP contribution in [0.25, 0.3) is 0 Å². The van der Waals surface area contributed by atoms with Gasteiger partial charge < -0.3 is 0 Å². The zero-order valence-electron chi connectivity index (χ0n) is 21.7. The zero-order chi connectivity index (χ0) is 23.5. The van der Waals surface area contributed by atoms with E-state index in [0.717, 1.165) is 12.8 Å². The van der Waals surface area contributed by atoms with E-state index in [1.165, 1.54) is 107 Å². The Morgan fingerprint density at radius 2 is 0.875 bits per heavy atom. The maximum atomic E-state index is 11.5. The number of hydrogen-bond donors (Lipinski definition) is 0. The topological polar surface area (TPSA) is 37.4 Å². The summed E-state index contributed by atoms with van der Waals surface area (Å²) >= 11 is 0. The summed E-state index contributed by atoms with van der Waals surface area (Å²) in [5.41, 5.74) is 0. The lowest BCUT2D eigenvalue weighted by Gasteiger charge is -2.28. The van der Waals surface area contributed by atoms with Crippen molar-refractivity contribution in [2.24, 2.45) is 0 Å². The first kappa shape index (κ1) is 29.3. The number of nitrogens with zero attached hydrogens (tertiary/aromatic N) is 1. The Kier molecular flexibility index (Phi) is 17.2. The van der Waals surface area contributed by atoms with Crippen LogP contribution in [0.1, 0.15) is 124 Å². The van der Waals surface area contributed by atoms with E-state index in [9.17, 15) is 9.59 Å². The fourth-order valence-electron chi connectivity index (χ4n) is 4.93. The van der Waals surface area contributed by atoms with Crippen molar-refractivity contribution in [1.82, 2.24) is 4.90 Å². The molecule has 0 atom stereocenters. The van der Waals surface area contributed by atoms with Gasteiger partial charge in [0.25, 0.3) is 11.8 Å². The smallest absolute Gasteiger partial charge is 0.253 e. The van der Waals surface area contributed by atoms with Gasteiger partial charge in [0, 0.05) is 26.0 Å². The number of hydrogen-bond acceptors (Lipinski definition) is 2. The molecule has 32 heavy (non-hydrogen) atoms. The molecule has 0 bridgehead atoms. The molecule has 186 valence electrons. The second-order valence-corrected chi connectivity index (χ2v) is 14.5. The quantitative estimate of drug-likeness (QED) is 0.0915. The molecule has 3 nitrogen and oxygen atoms in total. The molecule has 1 heterocycles. The number of carbonyl (C=O) groups excluding carboxylic acids is 2. The van der Waals surface area contributed by atoms with Gasteiger partial charge in [-0.1, -0.05) is 85.0 Å². The van der Waals surface area contributed by atoms with Gasteiger partial charge >= 0.3 is 0 Å². The van der Waals surface area contributed by atoms with Gasteiger partial charge in [-0.15, -0.1) is 0 Å². The molecule has 1 rings (SSSR count). The van der Waals surface area contributed by atoms with E-state index in [-0.39, 0.29) is 11.8 Å². The first-order chi connectivity index (χ1) is 15.6. The van der Waals surface area contributed by atoms with Gasteiger partial charge in [-0.25, -0.2) is 0 Å². The van der Waals surface area contributed by atoms with Gasteiger partial charge in [-0.3, -0.25) is 14.5 Å². The van der Waals surface area contributed by atoms with Crippen molar-refractivity contribution in [3.63, 3.8) is 0 Å². The number of imide groups is 1. The van der Waals surface area contributed by atoms with Crippen LogP contribution in [0.2, 0.25) is 0 Å². The van der Waals surface area contributed by atoms with Crippen LogP contribution in [0.3, 0.4) is 0 Å². The number of carbonyl (C=O) groups is 2. The summed E-state index contributed by atoms with van der Waals surface area (Å²) in [4.78, 5) is 24.4. The summed E-state index contributed by atoms with van der Waals surface area (Å²) in [6.45, 7) is 7.67. The first-order valence-corrected chi connectivity index (χ1v) is 16.5. The second-order valence-electron chi connectivity index (χ2n) is 9.99. The molecule has 0 saturated heterocycles. The van der Waals surface area contributed by atoms with Gasteiger partial charge in [-0.05, 0) is 38.5 Å². The number of amides is 2. The van der Waals surface area contributed by atoms with Crippen molar-refractivity contribution >= 4 is 19.1 Å². The molecule has 0 N–H and O–H groups in total. The van der Waals surface area contributed by atoms with Gasteiger partial charge in [0.2, 0.25) is 0 Å². The van der Waals surface area contributed by atoms with Gasteiger partial charge in [0.15, 0.2) is 0 Å². The summed E-state index contributed by atoms with van der Waals surface area (Å²) in [5, 5.41) is 0. The average molecular weight is 467 g/mol. The van der Waals surface area contributed by atoms with Crippen molar-refractivity contribution in [1.29, 1.82) is 0 Å². The van der Waals surface area contributed by atoms with Crippen molar-refractivity contribution in [2.45, 2.75) is 124 Å². The van der Waals surface area contributed by atoms with Crippen LogP contribution in [-0.4, -0.2) is 47.9 Å². The van der Waals surface area contributed by atoms with E-state index in [4.69, 9.17) is 0 Å². The van der Waals surface area contributed by atoms with E-state index < -0.39 is 7.26 Å². The van der Waals surface area contributed by atoms with E-state index in [1.54, 1.807) is 24.6 Å². The van der Waals surface area contributed by atoms with Crippen molar-refractivity contribution in [3.05, 3.63) is 12.2 Å². The van der Waals surface area contributed by atoms with E-state index in [1.807, 2.05) is 0 Å². The Morgan fingerprint density at radius 3 is 1.28 bits per heavy atom. The Labute approximate surface area is 200 Å². The summed E-state index contributed by atoms with van der Waals surface area (Å²) < 4.78 is 0. The second kappa shape index (κ2) is 18.7. The molecule has 1 aliphatic heterocycles. The summed E-state index contributed by atoms with van der Waals surface area (Å²) in [7, 11) is -0.688. The molecule has 0 aliphatic carbocycles. The van der Waals surface area contributed by atoms with Gasteiger partial charge in [0.05, 0.1) is 24.6 Å². The Bertz CT molecular complexity index is 492. The summed E-state index contributed by atoms with van der Waals surface area (Å²) in [6, 6.07) is 0. The van der Waals surface area contributed by atoms with Crippen LogP contribution in [0.5, 0.6) is 0 Å². The fraction of sp³-hybridized carbons (Fsp3) is 0.857. The normalized spacial score (nSPS) is 14.2. The first-order valence-electron chi connectivity index (χ1n) is 14.0. The Balaban J connectivity index is 2.07. The maximum Gasteiger partial charge on any atom is 0.253 e. The van der Waals surface area contributed by atoms with E-state index in [2.05, 4.69) is 20.8 Å². The standard InChI is InChI=1S/C28H53NO2P/c1-4-7-23-32(24-8-5-2,25-9-6-3)26-19-17-15-13-11-10-12-14-16-18-22-29-27(30)20-21-28(29)31/h20-21H,4-19,22-26H2,1-3H3/q+1. The van der Waals surface area contributed by atoms with Crippen LogP contribution >= 0.6 is 7.26 Å². The minimum Gasteiger partial charge on any atom is -0.275 e. The molecule has 0 radical (unpaired) electrons. The predicted molar refractivity (Wildman–Crippen MR) is 143 cm³/mol. The molecule has 0 aromatic rings. The van der Waals surface area contributed by atoms with Gasteiger partial charge in [-0.2, -0.15) is 0 Å². The Morgan fingerprint density at radius 1 is 0.531 bits per heavy atom. The van der Waals surface area contributed by atoms with Crippen LogP contribution in [-0.2, 0) is 9.59 Å². The average Bonchev–Trinajstić information content (AvgIpc) is 3.12. The molecule has 2 amide bonds. The van der Waals surface area contributed by atoms with E-state index >= 15 is 0 Å². The minimum absolute atomic E-state index is 0.143. The fourth-order valence-corrected chi connectivity index (χ4v) is 10.1. The monoisotopic (exact) mass is 466 g/mol. The lowest BCUT2D eigenvalue weighted by Crippen LogP contribution is -2.30. The molecule has 0 aromatic carbocycles. The SMILES string of the molecule is CCCC[P+](CCCC)(CCCC)CCCCCCCCCCCCN1C(=O)C=CC1=O. The Hall–Kier alpha value is -0.690. The highest BCUT2D eigenvalue weighted by molar-refractivity contribution is 7.75. The molecule has 1 aliphatic rings. The maximum absolute atomic E-state index is 11.5. The van der Waals surface area contributed by atoms with Crippen molar-refractivity contribution in [2.75, 3.05) is 31.2 Å². The van der Waals surface area contributed by atoms with Crippen LogP contribution in [0.4, 0.5) is 0 Å². The van der Waals surface area contributed by atoms with Crippen LogP contribution < -0.4 is 0 Å². The molecule has 0 aromatic heterocycles. The molecule has 0 fully saturated rings. The van der Waals surface area contributed by atoms with E-state index in [0.29, 0.717) is 6.54 Å². The highest BCUT2D eigenvalue weighted by atomic mass is 31.2. The number of rotatable bonds is 22. The number of unbranched alkanes of at least 4 members (excludes halogenated alkanes) is 12. The van der Waals surface area contributed by atoms with Crippen LogP contribution in [0.15, 0.2) is 12.2 Å². The third-order valence-corrected chi connectivity index (χ3v) is 12.2. The zero-order valence-corrected chi connectivity index (χ0v) is 22.6. The van der Waals surface area contributed by atoms with Crippen molar-refractivity contribution in [3.8, 4) is 0 Å². The van der Waals surface area contributed by atoms with Gasteiger partial charge in [0.1, 0.15) is 0 Å². The minimum atomic E-state index is -0.688. The molecule has 0 saturated carbocycles. The molecule has 0 unspecified atom stereocenters. The highest BCUT2D eigenvalue weighted by Crippen LogP contribution is 2.61. The van der Waals surface area contributed by atoms with Crippen molar-refractivity contribution < 1.29 is 9.59 Å². The molecular formula is C28H53NO2P+. The largest absolute Gasteiger partial charge is 0.275 e. The predicted octanol–water partition coefficient (Wildman–Crippen LogP) is 8.23. The summed E-state index contributed by atoms with van der Waals surface area (Å²) in [6.07, 6.45) is 30.6. The molecule has 4 heteroatoms. The lowest BCUT2D eigenvalue weighted by molar-refractivity contribution is -0.136. The summed E-state index contributed by atoms with van der Waals surface area (Å²) in [5.74, 6) is -0.286. The lowest BCUT2D eigenvalue weighted by atomic mass is 10.1. The van der Waals surface area contributed by atoms with Crippen LogP contribution in [0, 0.1) is 0 Å². The highest BCUT2D eigenvalue weighted by Gasteiger charge is 2.34. The molecule has 0 spiro atoms. The molecular weight excluding hydrogens is 413 g/mol. The third kappa shape index (κ3) is 12.5. The third-order valence-electron chi connectivity index (χ3n) is 7.12.